The zero-order valence-electron chi connectivity index (χ0n) is 13.2. The van der Waals surface area contributed by atoms with Gasteiger partial charge in [-0.3, -0.25) is 4.90 Å². The minimum atomic E-state index is 0.644. The lowest BCUT2D eigenvalue weighted by molar-refractivity contribution is 0.199. The Kier molecular flexibility index (Phi) is 5.86. The van der Waals surface area contributed by atoms with E-state index >= 15 is 0 Å². The molecule has 0 aliphatic carbocycles. The van der Waals surface area contributed by atoms with E-state index in [1.807, 2.05) is 0 Å². The van der Waals surface area contributed by atoms with Crippen LogP contribution in [-0.2, 0) is 6.54 Å². The monoisotopic (exact) mass is 275 g/mol. The van der Waals surface area contributed by atoms with Gasteiger partial charge < -0.3 is 10.2 Å². The fraction of sp³-hybridized carbons (Fsp3) is 0.647. The van der Waals surface area contributed by atoms with Crippen molar-refractivity contribution in [2.75, 3.05) is 37.6 Å². The average Bonchev–Trinajstić information content (AvgIpc) is 2.48. The van der Waals surface area contributed by atoms with E-state index < -0.39 is 0 Å². The van der Waals surface area contributed by atoms with E-state index in [1.54, 1.807) is 0 Å². The normalized spacial score (nSPS) is 20.4. The van der Waals surface area contributed by atoms with Gasteiger partial charge in [0, 0.05) is 37.9 Å². The van der Waals surface area contributed by atoms with Crippen LogP contribution in [0.5, 0.6) is 0 Å². The number of hydrogen-bond donors (Lipinski definition) is 1. The largest absolute Gasteiger partial charge is 0.368 e. The minimum absolute atomic E-state index is 0.644. The van der Waals surface area contributed by atoms with Crippen molar-refractivity contribution in [3.8, 4) is 0 Å². The van der Waals surface area contributed by atoms with Crippen LogP contribution in [0.1, 0.15) is 32.8 Å². The Labute approximate surface area is 124 Å². The molecule has 1 unspecified atom stereocenters. The van der Waals surface area contributed by atoms with Crippen LogP contribution in [0.2, 0.25) is 0 Å². The summed E-state index contributed by atoms with van der Waals surface area (Å²) in [4.78, 5) is 5.12. The lowest BCUT2D eigenvalue weighted by atomic mass is 10.1. The summed E-state index contributed by atoms with van der Waals surface area (Å²) in [6.07, 6.45) is 1.19. The number of nitrogens with one attached hydrogen (secondary N) is 1. The third-order valence-corrected chi connectivity index (χ3v) is 4.25. The maximum absolute atomic E-state index is 3.52. The third-order valence-electron chi connectivity index (χ3n) is 4.25. The van der Waals surface area contributed by atoms with Gasteiger partial charge in [-0.2, -0.15) is 0 Å². The van der Waals surface area contributed by atoms with E-state index in [2.05, 4.69) is 60.2 Å². The number of para-hydroxylation sites is 1. The first-order chi connectivity index (χ1) is 9.76. The summed E-state index contributed by atoms with van der Waals surface area (Å²) in [6, 6.07) is 9.49. The van der Waals surface area contributed by atoms with Gasteiger partial charge in [-0.15, -0.1) is 0 Å². The molecule has 1 saturated heterocycles. The molecule has 1 heterocycles. The van der Waals surface area contributed by atoms with Crippen molar-refractivity contribution in [3.63, 3.8) is 0 Å². The molecule has 2 rings (SSSR count). The van der Waals surface area contributed by atoms with Crippen LogP contribution < -0.4 is 10.2 Å². The molecule has 0 amide bonds. The maximum atomic E-state index is 3.52. The van der Waals surface area contributed by atoms with Gasteiger partial charge in [0.05, 0.1) is 0 Å². The van der Waals surface area contributed by atoms with Crippen molar-refractivity contribution in [1.29, 1.82) is 0 Å². The Morgan fingerprint density at radius 3 is 2.70 bits per heavy atom. The van der Waals surface area contributed by atoms with Crippen molar-refractivity contribution >= 4 is 5.69 Å². The van der Waals surface area contributed by atoms with Crippen molar-refractivity contribution < 1.29 is 0 Å². The number of piperazine rings is 1. The lowest BCUT2D eigenvalue weighted by Crippen LogP contribution is -2.52. The molecule has 0 radical (unpaired) electrons. The molecule has 3 nitrogen and oxygen atoms in total. The molecule has 3 heteroatoms. The van der Waals surface area contributed by atoms with Crippen molar-refractivity contribution in [1.82, 2.24) is 10.2 Å². The Hall–Kier alpha value is -1.06. The second-order valence-corrected chi connectivity index (χ2v) is 5.73. The molecular formula is C17H29N3. The predicted molar refractivity (Wildman–Crippen MR) is 87.4 cm³/mol. The van der Waals surface area contributed by atoms with Gasteiger partial charge in [0.2, 0.25) is 0 Å². The van der Waals surface area contributed by atoms with Crippen LogP contribution in [0.25, 0.3) is 0 Å². The van der Waals surface area contributed by atoms with Crippen LogP contribution in [0, 0.1) is 0 Å². The Morgan fingerprint density at radius 1 is 1.20 bits per heavy atom. The molecule has 20 heavy (non-hydrogen) atoms. The molecule has 112 valence electrons. The van der Waals surface area contributed by atoms with Gasteiger partial charge in [0.15, 0.2) is 0 Å². The predicted octanol–water partition coefficient (Wildman–Crippen LogP) is 2.72. The summed E-state index contributed by atoms with van der Waals surface area (Å²) in [5.41, 5.74) is 2.84. The van der Waals surface area contributed by atoms with Gasteiger partial charge in [0.25, 0.3) is 0 Å². The van der Waals surface area contributed by atoms with Crippen LogP contribution in [-0.4, -0.2) is 43.7 Å². The average molecular weight is 275 g/mol. The van der Waals surface area contributed by atoms with E-state index in [4.69, 9.17) is 0 Å². The number of hydrogen-bond acceptors (Lipinski definition) is 3. The highest BCUT2D eigenvalue weighted by atomic mass is 15.3. The molecule has 0 saturated carbocycles. The third kappa shape index (κ3) is 3.74. The molecule has 0 aromatic heterocycles. The van der Waals surface area contributed by atoms with E-state index in [9.17, 15) is 0 Å². The highest BCUT2D eigenvalue weighted by molar-refractivity contribution is 5.54. The molecule has 1 aromatic rings. The SMILES string of the molecule is CCCNCc1ccccc1N1CCN(CC)C(C)C1. The van der Waals surface area contributed by atoms with Gasteiger partial charge in [-0.1, -0.05) is 32.0 Å². The summed E-state index contributed by atoms with van der Waals surface area (Å²) in [5, 5.41) is 3.52. The molecule has 1 aliphatic heterocycles. The lowest BCUT2D eigenvalue weighted by Gasteiger charge is -2.41. The first-order valence-corrected chi connectivity index (χ1v) is 8.03. The quantitative estimate of drug-likeness (QED) is 0.805. The van der Waals surface area contributed by atoms with Crippen LogP contribution in [0.3, 0.4) is 0 Å². The van der Waals surface area contributed by atoms with Crippen LogP contribution >= 0.6 is 0 Å². The van der Waals surface area contributed by atoms with Crippen molar-refractivity contribution in [3.05, 3.63) is 29.8 Å². The molecule has 1 atom stereocenters. The first-order valence-electron chi connectivity index (χ1n) is 8.03. The highest BCUT2D eigenvalue weighted by Crippen LogP contribution is 2.23. The van der Waals surface area contributed by atoms with Crippen molar-refractivity contribution in [2.24, 2.45) is 0 Å². The number of nitrogens with zero attached hydrogens (tertiary/aromatic N) is 2. The van der Waals surface area contributed by atoms with Gasteiger partial charge in [0.1, 0.15) is 0 Å². The summed E-state index contributed by atoms with van der Waals surface area (Å²) >= 11 is 0. The molecule has 0 spiro atoms. The summed E-state index contributed by atoms with van der Waals surface area (Å²) in [5.74, 6) is 0. The fourth-order valence-electron chi connectivity index (χ4n) is 3.05. The number of likely N-dealkylation sites (N-methyl/N-ethyl adjacent to an activating group) is 1. The number of benzene rings is 1. The van der Waals surface area contributed by atoms with Crippen LogP contribution in [0.15, 0.2) is 24.3 Å². The number of rotatable bonds is 6. The molecular weight excluding hydrogens is 246 g/mol. The molecule has 0 bridgehead atoms. The van der Waals surface area contributed by atoms with E-state index in [0.29, 0.717) is 6.04 Å². The van der Waals surface area contributed by atoms with Gasteiger partial charge in [-0.25, -0.2) is 0 Å². The molecule has 1 N–H and O–H groups in total. The zero-order valence-corrected chi connectivity index (χ0v) is 13.2. The molecule has 1 aromatic carbocycles. The standard InChI is InChI=1S/C17H29N3/c1-4-10-18-13-16-8-6-7-9-17(16)20-12-11-19(5-2)15(3)14-20/h6-9,15,18H,4-5,10-14H2,1-3H3. The zero-order chi connectivity index (χ0) is 14.4. The van der Waals surface area contributed by atoms with Crippen molar-refractivity contribution in [2.45, 2.75) is 39.8 Å². The maximum Gasteiger partial charge on any atom is 0.0412 e. The van der Waals surface area contributed by atoms with Gasteiger partial charge >= 0.3 is 0 Å². The van der Waals surface area contributed by atoms with E-state index in [1.165, 1.54) is 24.2 Å². The fourth-order valence-corrected chi connectivity index (χ4v) is 3.05. The van der Waals surface area contributed by atoms with Crippen LogP contribution in [0.4, 0.5) is 5.69 Å². The Balaban J connectivity index is 2.04. The Bertz CT molecular complexity index is 405. The van der Waals surface area contributed by atoms with Gasteiger partial charge in [-0.05, 0) is 38.1 Å². The second-order valence-electron chi connectivity index (χ2n) is 5.73. The summed E-state index contributed by atoms with van der Waals surface area (Å²) in [7, 11) is 0. The second kappa shape index (κ2) is 7.65. The van der Waals surface area contributed by atoms with E-state index in [-0.39, 0.29) is 0 Å². The molecule has 1 aliphatic rings. The summed E-state index contributed by atoms with van der Waals surface area (Å²) < 4.78 is 0. The highest BCUT2D eigenvalue weighted by Gasteiger charge is 2.23. The smallest absolute Gasteiger partial charge is 0.0412 e. The number of anilines is 1. The Morgan fingerprint density at radius 2 is 2.00 bits per heavy atom. The van der Waals surface area contributed by atoms with E-state index in [0.717, 1.165) is 32.7 Å². The first kappa shape index (κ1) is 15.3. The topological polar surface area (TPSA) is 18.5 Å². The summed E-state index contributed by atoms with van der Waals surface area (Å²) in [6.45, 7) is 13.5. The minimum Gasteiger partial charge on any atom is -0.368 e. The molecule has 1 fully saturated rings.